The Morgan fingerprint density at radius 1 is 1.67 bits per heavy atom. The summed E-state index contributed by atoms with van der Waals surface area (Å²) < 4.78 is 0. The summed E-state index contributed by atoms with van der Waals surface area (Å²) in [7, 11) is 0. The van der Waals surface area contributed by atoms with Crippen molar-refractivity contribution in [1.29, 1.82) is 0 Å². The lowest BCUT2D eigenvalue weighted by molar-refractivity contribution is -0.116. The van der Waals surface area contributed by atoms with Crippen LogP contribution in [0.4, 0.5) is 0 Å². The van der Waals surface area contributed by atoms with Crippen molar-refractivity contribution in [3.8, 4) is 10.8 Å². The number of amides is 1. The molecule has 0 spiro atoms. The molecule has 2 nitrogen and oxygen atoms in total. The van der Waals surface area contributed by atoms with Crippen LogP contribution in [0.25, 0.3) is 0 Å². The lowest BCUT2D eigenvalue weighted by atomic mass is 10.4. The van der Waals surface area contributed by atoms with Gasteiger partial charge >= 0.3 is 0 Å². The number of halogens is 1. The van der Waals surface area contributed by atoms with Crippen LogP contribution in [0.1, 0.15) is 13.8 Å². The minimum absolute atomic E-state index is 0.158. The fraction of sp³-hybridized carbons (Fsp3) is 0.500. The molecule has 1 amide bonds. The molecule has 0 rings (SSSR count). The molecule has 0 aliphatic rings. The van der Waals surface area contributed by atoms with Crippen molar-refractivity contribution in [2.75, 3.05) is 0 Å². The highest BCUT2D eigenvalue weighted by Crippen LogP contribution is 1.76. The van der Waals surface area contributed by atoms with E-state index in [1.165, 1.54) is 0 Å². The zero-order chi connectivity index (χ0) is 7.28. The molecule has 0 radical (unpaired) electrons. The average molecular weight is 190 g/mol. The van der Waals surface area contributed by atoms with E-state index < -0.39 is 0 Å². The van der Waals surface area contributed by atoms with Gasteiger partial charge in [-0.15, -0.1) is 0 Å². The van der Waals surface area contributed by atoms with Crippen LogP contribution in [-0.2, 0) is 4.79 Å². The number of carbonyl (C=O) groups is 1. The van der Waals surface area contributed by atoms with Crippen molar-refractivity contribution in [2.24, 2.45) is 0 Å². The molecule has 50 valence electrons. The van der Waals surface area contributed by atoms with Crippen molar-refractivity contribution in [3.63, 3.8) is 0 Å². The molecule has 0 aromatic heterocycles. The Labute approximate surface area is 63.1 Å². The third kappa shape index (κ3) is 5.38. The zero-order valence-corrected chi connectivity index (χ0v) is 6.95. The zero-order valence-electron chi connectivity index (χ0n) is 5.36. The second-order valence-electron chi connectivity index (χ2n) is 1.85. The molecule has 0 unspecified atom stereocenters. The first-order valence-corrected chi connectivity index (χ1v) is 3.38. The van der Waals surface area contributed by atoms with E-state index in [1.807, 2.05) is 13.8 Å². The summed E-state index contributed by atoms with van der Waals surface area (Å²) in [5.41, 5.74) is 0. The van der Waals surface area contributed by atoms with Gasteiger partial charge in [-0.25, -0.2) is 0 Å². The van der Waals surface area contributed by atoms with E-state index in [4.69, 9.17) is 0 Å². The molecule has 0 aliphatic heterocycles. The van der Waals surface area contributed by atoms with Crippen molar-refractivity contribution in [1.82, 2.24) is 5.32 Å². The Bertz CT molecular complexity index is 154. The van der Waals surface area contributed by atoms with E-state index in [9.17, 15) is 4.79 Å². The van der Waals surface area contributed by atoms with Gasteiger partial charge in [-0.1, -0.05) is 0 Å². The molecule has 0 fully saturated rings. The predicted octanol–water partition coefficient (Wildman–Crippen LogP) is 0.867. The van der Waals surface area contributed by atoms with E-state index in [-0.39, 0.29) is 11.9 Å². The van der Waals surface area contributed by atoms with Crippen LogP contribution >= 0.6 is 15.9 Å². The summed E-state index contributed by atoms with van der Waals surface area (Å²) in [6.45, 7) is 3.77. The van der Waals surface area contributed by atoms with Crippen LogP contribution in [0.5, 0.6) is 0 Å². The molecule has 0 aromatic rings. The first kappa shape index (κ1) is 8.51. The maximum absolute atomic E-state index is 10.5. The number of hydrogen-bond acceptors (Lipinski definition) is 1. The van der Waals surface area contributed by atoms with Gasteiger partial charge in [0.2, 0.25) is 0 Å². The second-order valence-corrected chi connectivity index (χ2v) is 2.24. The molecule has 0 aromatic carbocycles. The highest BCUT2D eigenvalue weighted by Gasteiger charge is 1.95. The SMILES string of the molecule is CC(C)NC(=O)C#CBr. The fourth-order valence-corrected chi connectivity index (χ4v) is 0.521. The molecule has 0 heterocycles. The van der Waals surface area contributed by atoms with Crippen molar-refractivity contribution < 1.29 is 4.79 Å². The van der Waals surface area contributed by atoms with Gasteiger partial charge in [-0.05, 0) is 18.7 Å². The summed E-state index contributed by atoms with van der Waals surface area (Å²) >= 11 is 2.82. The van der Waals surface area contributed by atoms with Gasteiger partial charge in [0.1, 0.15) is 0 Å². The molecule has 0 saturated heterocycles. The third-order valence-electron chi connectivity index (χ3n) is 0.581. The van der Waals surface area contributed by atoms with Crippen LogP contribution in [0, 0.1) is 10.8 Å². The average Bonchev–Trinajstić information content (AvgIpc) is 1.63. The highest BCUT2D eigenvalue weighted by molar-refractivity contribution is 9.12. The van der Waals surface area contributed by atoms with Crippen LogP contribution in [-0.4, -0.2) is 11.9 Å². The van der Waals surface area contributed by atoms with Crippen LogP contribution < -0.4 is 5.32 Å². The predicted molar refractivity (Wildman–Crippen MR) is 40.0 cm³/mol. The van der Waals surface area contributed by atoms with Gasteiger partial charge in [0.05, 0.1) is 0 Å². The van der Waals surface area contributed by atoms with Gasteiger partial charge in [-0.3, -0.25) is 4.79 Å². The monoisotopic (exact) mass is 189 g/mol. The van der Waals surface area contributed by atoms with E-state index >= 15 is 0 Å². The standard InChI is InChI=1S/C6H8BrNO/c1-5(2)8-6(9)3-4-7/h5H,1-2H3,(H,8,9). The lowest BCUT2D eigenvalue weighted by Gasteiger charge is -2.01. The topological polar surface area (TPSA) is 29.1 Å². The smallest absolute Gasteiger partial charge is 0.296 e. The number of rotatable bonds is 1. The van der Waals surface area contributed by atoms with Crippen LogP contribution in [0.15, 0.2) is 0 Å². The van der Waals surface area contributed by atoms with E-state index in [2.05, 4.69) is 32.0 Å². The summed E-state index contributed by atoms with van der Waals surface area (Å²) in [4.78, 5) is 12.9. The number of hydrogen-bond donors (Lipinski definition) is 1. The maximum Gasteiger partial charge on any atom is 0.296 e. The van der Waals surface area contributed by atoms with Crippen molar-refractivity contribution in [2.45, 2.75) is 19.9 Å². The Hall–Kier alpha value is -0.490. The minimum Gasteiger partial charge on any atom is -0.343 e. The van der Waals surface area contributed by atoms with Gasteiger partial charge in [0.25, 0.3) is 5.91 Å². The maximum atomic E-state index is 10.5. The van der Waals surface area contributed by atoms with Crippen molar-refractivity contribution >= 4 is 21.8 Å². The number of nitrogens with one attached hydrogen (secondary N) is 1. The minimum atomic E-state index is -0.248. The van der Waals surface area contributed by atoms with Gasteiger partial charge in [-0.2, -0.15) is 0 Å². The summed E-state index contributed by atoms with van der Waals surface area (Å²) in [5.74, 6) is 2.05. The Kier molecular flexibility index (Phi) is 4.16. The fourth-order valence-electron chi connectivity index (χ4n) is 0.341. The number of carbonyl (C=O) groups excluding carboxylic acids is 1. The summed E-state index contributed by atoms with van der Waals surface area (Å²) in [6, 6.07) is 0.158. The normalized spacial score (nSPS) is 8.00. The molecule has 0 aliphatic carbocycles. The van der Waals surface area contributed by atoms with Gasteiger partial charge in [0.15, 0.2) is 0 Å². The Morgan fingerprint density at radius 3 is 2.56 bits per heavy atom. The molecule has 0 atom stereocenters. The summed E-state index contributed by atoms with van der Waals surface area (Å²) in [6.07, 6.45) is 0. The quantitative estimate of drug-likeness (QED) is 0.610. The molecule has 0 saturated carbocycles. The lowest BCUT2D eigenvalue weighted by Crippen LogP contribution is -2.28. The third-order valence-corrected chi connectivity index (χ3v) is 0.779. The van der Waals surface area contributed by atoms with Crippen molar-refractivity contribution in [3.05, 3.63) is 0 Å². The van der Waals surface area contributed by atoms with Crippen LogP contribution in [0.2, 0.25) is 0 Å². The molecule has 1 N–H and O–H groups in total. The molecular weight excluding hydrogens is 182 g/mol. The molecule has 9 heavy (non-hydrogen) atoms. The summed E-state index contributed by atoms with van der Waals surface area (Å²) in [5, 5.41) is 2.60. The largest absolute Gasteiger partial charge is 0.343 e. The van der Waals surface area contributed by atoms with Gasteiger partial charge < -0.3 is 5.32 Å². The van der Waals surface area contributed by atoms with E-state index in [0.29, 0.717) is 0 Å². The molecule has 0 bridgehead atoms. The second kappa shape index (κ2) is 4.39. The van der Waals surface area contributed by atoms with Gasteiger partial charge in [0, 0.05) is 27.9 Å². The van der Waals surface area contributed by atoms with E-state index in [0.717, 1.165) is 0 Å². The molecule has 3 heteroatoms. The van der Waals surface area contributed by atoms with Crippen LogP contribution in [0.3, 0.4) is 0 Å². The molecular formula is C6H8BrNO. The first-order chi connectivity index (χ1) is 4.16. The Balaban J connectivity index is 3.60. The van der Waals surface area contributed by atoms with E-state index in [1.54, 1.807) is 0 Å². The highest BCUT2D eigenvalue weighted by atomic mass is 79.9. The Morgan fingerprint density at radius 2 is 2.22 bits per heavy atom. The first-order valence-electron chi connectivity index (χ1n) is 2.59.